The van der Waals surface area contributed by atoms with Crippen LogP contribution in [0.2, 0.25) is 0 Å². The average molecular weight is 309 g/mol. The van der Waals surface area contributed by atoms with Crippen LogP contribution in [-0.4, -0.2) is 19.5 Å². The Hall–Kier alpha value is -2.12. The van der Waals surface area contributed by atoms with Gasteiger partial charge < -0.3 is 9.52 Å². The second kappa shape index (κ2) is 5.71. The molecule has 0 spiro atoms. The van der Waals surface area contributed by atoms with Crippen LogP contribution in [0.1, 0.15) is 34.6 Å². The van der Waals surface area contributed by atoms with E-state index in [0.29, 0.717) is 11.3 Å². The Bertz CT molecular complexity index is 750. The van der Waals surface area contributed by atoms with Crippen LogP contribution in [0.5, 0.6) is 0 Å². The third-order valence-corrected chi connectivity index (χ3v) is 4.71. The molecule has 0 radical (unpaired) electrons. The lowest BCUT2D eigenvalue weighted by Crippen LogP contribution is -2.27. The normalized spacial score (nSPS) is 13.0. The van der Waals surface area contributed by atoms with Gasteiger partial charge in [0.1, 0.15) is 5.76 Å². The highest BCUT2D eigenvalue weighted by Gasteiger charge is 2.22. The van der Waals surface area contributed by atoms with Gasteiger partial charge >= 0.3 is 5.97 Å². The number of furan rings is 1. The summed E-state index contributed by atoms with van der Waals surface area (Å²) < 4.78 is 32.4. The van der Waals surface area contributed by atoms with Crippen LogP contribution in [0.15, 0.2) is 45.9 Å². The monoisotopic (exact) mass is 309 g/mol. The summed E-state index contributed by atoms with van der Waals surface area (Å²) in [5.74, 6) is -0.698. The van der Waals surface area contributed by atoms with Gasteiger partial charge in [-0.15, -0.1) is 0 Å². The second-order valence-electron chi connectivity index (χ2n) is 4.64. The molecule has 0 aliphatic heterocycles. The molecule has 0 bridgehead atoms. The molecule has 0 aliphatic rings. The molecule has 0 saturated carbocycles. The Morgan fingerprint density at radius 2 is 2.05 bits per heavy atom. The van der Waals surface area contributed by atoms with E-state index in [9.17, 15) is 13.2 Å². The van der Waals surface area contributed by atoms with Crippen LogP contribution in [0.25, 0.3) is 0 Å². The van der Waals surface area contributed by atoms with Crippen molar-refractivity contribution in [2.45, 2.75) is 24.8 Å². The maximum Gasteiger partial charge on any atom is 0.335 e. The highest BCUT2D eigenvalue weighted by Crippen LogP contribution is 2.21. The number of carboxylic acids is 1. The lowest BCUT2D eigenvalue weighted by atomic mass is 10.1. The van der Waals surface area contributed by atoms with E-state index in [0.717, 1.165) is 6.07 Å². The van der Waals surface area contributed by atoms with Crippen LogP contribution in [0, 0.1) is 6.92 Å². The Kier molecular flexibility index (Phi) is 4.15. The number of aromatic carboxylic acids is 1. The second-order valence-corrected chi connectivity index (χ2v) is 6.33. The van der Waals surface area contributed by atoms with E-state index in [2.05, 4.69) is 4.72 Å². The Morgan fingerprint density at radius 3 is 2.62 bits per heavy atom. The van der Waals surface area contributed by atoms with Gasteiger partial charge in [0.2, 0.25) is 10.0 Å². The molecule has 0 aliphatic carbocycles. The zero-order valence-corrected chi connectivity index (χ0v) is 12.3. The minimum Gasteiger partial charge on any atom is -0.478 e. The smallest absolute Gasteiger partial charge is 0.335 e. The van der Waals surface area contributed by atoms with Crippen molar-refractivity contribution in [3.8, 4) is 0 Å². The van der Waals surface area contributed by atoms with Gasteiger partial charge in [0.25, 0.3) is 0 Å². The van der Waals surface area contributed by atoms with E-state index in [1.54, 1.807) is 26.0 Å². The molecule has 0 fully saturated rings. The Morgan fingerprint density at radius 1 is 1.33 bits per heavy atom. The molecule has 112 valence electrons. The quantitative estimate of drug-likeness (QED) is 0.883. The van der Waals surface area contributed by atoms with Crippen LogP contribution in [0.3, 0.4) is 0 Å². The standard InChI is InChI=1S/C14H15NO5S/c1-9-5-6-11(14(16)17)8-13(9)21(18,19)15-10(2)12-4-3-7-20-12/h3-8,10,15H,1-2H3,(H,16,17)/t10-/m1/s1. The van der Waals surface area contributed by atoms with Crippen molar-refractivity contribution in [1.29, 1.82) is 0 Å². The van der Waals surface area contributed by atoms with Gasteiger partial charge in [-0.1, -0.05) is 6.07 Å². The summed E-state index contributed by atoms with van der Waals surface area (Å²) in [4.78, 5) is 10.9. The summed E-state index contributed by atoms with van der Waals surface area (Å²) in [6, 6.07) is 6.75. The number of carboxylic acid groups (broad SMARTS) is 1. The summed E-state index contributed by atoms with van der Waals surface area (Å²) in [5.41, 5.74) is 0.394. The fraction of sp³-hybridized carbons (Fsp3) is 0.214. The first-order chi connectivity index (χ1) is 9.81. The molecule has 1 aromatic heterocycles. The molecule has 0 amide bonds. The zero-order chi connectivity index (χ0) is 15.6. The van der Waals surface area contributed by atoms with Crippen molar-refractivity contribution in [2.75, 3.05) is 0 Å². The van der Waals surface area contributed by atoms with Crippen LogP contribution in [0.4, 0.5) is 0 Å². The highest BCUT2D eigenvalue weighted by atomic mass is 32.2. The van der Waals surface area contributed by atoms with Crippen molar-refractivity contribution in [3.63, 3.8) is 0 Å². The number of sulfonamides is 1. The van der Waals surface area contributed by atoms with Gasteiger partial charge in [0.15, 0.2) is 0 Å². The molecule has 2 N–H and O–H groups in total. The number of nitrogens with one attached hydrogen (secondary N) is 1. The SMILES string of the molecule is Cc1ccc(C(=O)O)cc1S(=O)(=O)N[C@H](C)c1ccco1. The van der Waals surface area contributed by atoms with Crippen molar-refractivity contribution in [2.24, 2.45) is 0 Å². The lowest BCUT2D eigenvalue weighted by Gasteiger charge is -2.14. The third-order valence-electron chi connectivity index (χ3n) is 3.03. The van der Waals surface area contributed by atoms with Gasteiger partial charge in [-0.05, 0) is 43.7 Å². The van der Waals surface area contributed by atoms with Gasteiger partial charge in [0, 0.05) is 0 Å². The molecule has 0 saturated heterocycles. The maximum atomic E-state index is 12.4. The number of hydrogen-bond donors (Lipinski definition) is 2. The molecule has 1 aromatic carbocycles. The van der Waals surface area contributed by atoms with Crippen molar-refractivity contribution < 1.29 is 22.7 Å². The highest BCUT2D eigenvalue weighted by molar-refractivity contribution is 7.89. The number of aryl methyl sites for hydroxylation is 1. The summed E-state index contributed by atoms with van der Waals surface area (Å²) >= 11 is 0. The third kappa shape index (κ3) is 3.32. The summed E-state index contributed by atoms with van der Waals surface area (Å²) in [6.45, 7) is 3.25. The molecule has 7 heteroatoms. The minimum absolute atomic E-state index is 0.0548. The number of rotatable bonds is 5. The van der Waals surface area contributed by atoms with Crippen LogP contribution >= 0.6 is 0 Å². The fourth-order valence-corrected chi connectivity index (χ4v) is 3.40. The molecule has 1 atom stereocenters. The van der Waals surface area contributed by atoms with Crippen molar-refractivity contribution in [1.82, 2.24) is 4.72 Å². The topological polar surface area (TPSA) is 96.6 Å². The molecule has 1 heterocycles. The molecular formula is C14H15NO5S. The fourth-order valence-electron chi connectivity index (χ4n) is 1.91. The van der Waals surface area contributed by atoms with Crippen molar-refractivity contribution in [3.05, 3.63) is 53.5 Å². The zero-order valence-electron chi connectivity index (χ0n) is 11.5. The lowest BCUT2D eigenvalue weighted by molar-refractivity contribution is 0.0696. The van der Waals surface area contributed by atoms with Crippen LogP contribution < -0.4 is 4.72 Å². The van der Waals surface area contributed by atoms with Crippen molar-refractivity contribution >= 4 is 16.0 Å². The van der Waals surface area contributed by atoms with Gasteiger partial charge in [-0.25, -0.2) is 17.9 Å². The van der Waals surface area contributed by atoms with Crippen LogP contribution in [-0.2, 0) is 10.0 Å². The number of hydrogen-bond acceptors (Lipinski definition) is 4. The van der Waals surface area contributed by atoms with E-state index in [1.165, 1.54) is 18.4 Å². The first-order valence-electron chi connectivity index (χ1n) is 6.21. The first-order valence-corrected chi connectivity index (χ1v) is 7.69. The minimum atomic E-state index is -3.85. The van der Waals surface area contributed by atoms with E-state index in [-0.39, 0.29) is 10.5 Å². The molecule has 21 heavy (non-hydrogen) atoms. The molecular weight excluding hydrogens is 294 g/mol. The Labute approximate surface area is 122 Å². The Balaban J connectivity index is 2.35. The average Bonchev–Trinajstić information content (AvgIpc) is 2.92. The molecule has 6 nitrogen and oxygen atoms in total. The van der Waals surface area contributed by atoms with E-state index >= 15 is 0 Å². The molecule has 2 rings (SSSR count). The molecule has 2 aromatic rings. The summed E-state index contributed by atoms with van der Waals surface area (Å²) in [7, 11) is -3.85. The van der Waals surface area contributed by atoms with E-state index in [1.807, 2.05) is 0 Å². The van der Waals surface area contributed by atoms with Gasteiger partial charge in [-0.2, -0.15) is 0 Å². The van der Waals surface area contributed by atoms with Gasteiger partial charge in [-0.3, -0.25) is 0 Å². The molecule has 0 unspecified atom stereocenters. The maximum absolute atomic E-state index is 12.4. The summed E-state index contributed by atoms with van der Waals surface area (Å²) in [5, 5.41) is 8.97. The predicted molar refractivity (Wildman–Crippen MR) is 75.6 cm³/mol. The van der Waals surface area contributed by atoms with E-state index in [4.69, 9.17) is 9.52 Å². The summed E-state index contributed by atoms with van der Waals surface area (Å²) in [6.07, 6.45) is 1.45. The largest absolute Gasteiger partial charge is 0.478 e. The van der Waals surface area contributed by atoms with Gasteiger partial charge in [0.05, 0.1) is 22.8 Å². The predicted octanol–water partition coefficient (Wildman–Crippen LogP) is 2.33. The first kappa shape index (κ1) is 15.3. The number of benzene rings is 1. The number of carbonyl (C=O) groups is 1. The van der Waals surface area contributed by atoms with E-state index < -0.39 is 22.0 Å².